The molecule has 3 heterocycles. The van der Waals surface area contributed by atoms with Crippen LogP contribution in [0.5, 0.6) is 0 Å². The number of halogens is 2. The number of H-pyrrole nitrogens is 1. The molecule has 4 rings (SSSR count). The van der Waals surface area contributed by atoms with E-state index in [1.807, 2.05) is 23.1 Å². The zero-order chi connectivity index (χ0) is 21.1. The summed E-state index contributed by atoms with van der Waals surface area (Å²) in [6, 6.07) is 10.7. The van der Waals surface area contributed by atoms with Crippen LogP contribution in [0.1, 0.15) is 30.5 Å². The molecule has 2 aliphatic rings. The number of amides is 2. The Morgan fingerprint density at radius 3 is 2.77 bits per heavy atom. The van der Waals surface area contributed by atoms with Crippen molar-refractivity contribution in [2.75, 3.05) is 26.2 Å². The standard InChI is InChI=1S/C22H26Cl2N4O2/c23-18-6-5-16(11-19(18)24)13-27-10-8-22(14-27)7-2-9-28(15-22)21(30)25-12-17-3-1-4-20(29)26-17/h1,3-6,11H,2,7-10,12-15H2,(H,25,30)(H,26,29). The van der Waals surface area contributed by atoms with Crippen molar-refractivity contribution < 1.29 is 4.79 Å². The Kier molecular flexibility index (Phi) is 6.37. The van der Waals surface area contributed by atoms with Crippen LogP contribution in [0.4, 0.5) is 4.79 Å². The second kappa shape index (κ2) is 9.00. The molecule has 30 heavy (non-hydrogen) atoms. The number of benzene rings is 1. The molecule has 1 atom stereocenters. The highest BCUT2D eigenvalue weighted by Gasteiger charge is 2.42. The van der Waals surface area contributed by atoms with Gasteiger partial charge in [-0.1, -0.05) is 35.3 Å². The molecular formula is C22H26Cl2N4O2. The summed E-state index contributed by atoms with van der Waals surface area (Å²) in [6.07, 6.45) is 3.24. The number of hydrogen-bond donors (Lipinski definition) is 2. The molecule has 2 saturated heterocycles. The third-order valence-corrected chi connectivity index (χ3v) is 6.85. The van der Waals surface area contributed by atoms with Crippen LogP contribution in [-0.4, -0.2) is 47.0 Å². The SMILES string of the molecule is O=C(NCc1cccc(=O)[nH]1)N1CCCC2(CCN(Cc3ccc(Cl)c(Cl)c3)C2)C1. The Morgan fingerprint density at radius 1 is 1.10 bits per heavy atom. The molecular weight excluding hydrogens is 423 g/mol. The topological polar surface area (TPSA) is 68.4 Å². The number of hydrogen-bond acceptors (Lipinski definition) is 3. The van der Waals surface area contributed by atoms with E-state index in [1.54, 1.807) is 12.1 Å². The summed E-state index contributed by atoms with van der Waals surface area (Å²) >= 11 is 12.2. The normalized spacial score (nSPS) is 21.9. The first-order chi connectivity index (χ1) is 14.4. The van der Waals surface area contributed by atoms with E-state index in [0.29, 0.717) is 22.3 Å². The molecule has 6 nitrogen and oxygen atoms in total. The van der Waals surface area contributed by atoms with Gasteiger partial charge in [-0.05, 0) is 49.6 Å². The smallest absolute Gasteiger partial charge is 0.317 e. The molecule has 2 aromatic rings. The Hall–Kier alpha value is -2.02. The van der Waals surface area contributed by atoms with E-state index < -0.39 is 0 Å². The van der Waals surface area contributed by atoms with Crippen molar-refractivity contribution in [1.29, 1.82) is 0 Å². The second-order valence-electron chi connectivity index (χ2n) is 8.43. The number of nitrogens with one attached hydrogen (secondary N) is 2. The highest BCUT2D eigenvalue weighted by molar-refractivity contribution is 6.42. The summed E-state index contributed by atoms with van der Waals surface area (Å²) < 4.78 is 0. The summed E-state index contributed by atoms with van der Waals surface area (Å²) in [6.45, 7) is 4.69. The highest BCUT2D eigenvalue weighted by atomic mass is 35.5. The number of piperidine rings is 1. The first-order valence-corrected chi connectivity index (χ1v) is 11.1. The van der Waals surface area contributed by atoms with E-state index in [2.05, 4.69) is 15.2 Å². The van der Waals surface area contributed by atoms with Gasteiger partial charge < -0.3 is 15.2 Å². The Morgan fingerprint density at radius 2 is 1.97 bits per heavy atom. The van der Waals surface area contributed by atoms with Gasteiger partial charge in [0.05, 0.1) is 16.6 Å². The Balaban J connectivity index is 1.33. The van der Waals surface area contributed by atoms with Crippen LogP contribution in [0.15, 0.2) is 41.2 Å². The summed E-state index contributed by atoms with van der Waals surface area (Å²) in [4.78, 5) is 31.2. The summed E-state index contributed by atoms with van der Waals surface area (Å²) in [5.74, 6) is 0. The van der Waals surface area contributed by atoms with E-state index in [4.69, 9.17) is 23.2 Å². The average Bonchev–Trinajstić information content (AvgIpc) is 3.10. The van der Waals surface area contributed by atoms with E-state index in [1.165, 1.54) is 6.07 Å². The molecule has 0 aliphatic carbocycles. The minimum atomic E-state index is -0.160. The zero-order valence-corrected chi connectivity index (χ0v) is 18.3. The second-order valence-corrected chi connectivity index (χ2v) is 9.25. The molecule has 2 amide bonds. The molecule has 1 aromatic carbocycles. The van der Waals surface area contributed by atoms with Crippen molar-refractivity contribution in [2.45, 2.75) is 32.4 Å². The summed E-state index contributed by atoms with van der Waals surface area (Å²) in [5.41, 5.74) is 1.85. The van der Waals surface area contributed by atoms with Gasteiger partial charge in [0.25, 0.3) is 0 Å². The third kappa shape index (κ3) is 4.99. The van der Waals surface area contributed by atoms with E-state index in [0.717, 1.165) is 57.5 Å². The number of aromatic nitrogens is 1. The molecule has 2 N–H and O–H groups in total. The van der Waals surface area contributed by atoms with Gasteiger partial charge in [-0.2, -0.15) is 0 Å². The van der Waals surface area contributed by atoms with Crippen LogP contribution in [0.25, 0.3) is 0 Å². The van der Waals surface area contributed by atoms with Crippen molar-refractivity contribution in [3.63, 3.8) is 0 Å². The van der Waals surface area contributed by atoms with Gasteiger partial charge in [-0.3, -0.25) is 9.69 Å². The number of carbonyl (C=O) groups excluding carboxylic acids is 1. The lowest BCUT2D eigenvalue weighted by atomic mass is 9.79. The molecule has 1 spiro atoms. The fourth-order valence-electron chi connectivity index (χ4n) is 4.65. The monoisotopic (exact) mass is 448 g/mol. The number of likely N-dealkylation sites (tertiary alicyclic amines) is 2. The number of nitrogens with zero attached hydrogens (tertiary/aromatic N) is 2. The van der Waals surface area contributed by atoms with Crippen molar-refractivity contribution in [3.8, 4) is 0 Å². The Bertz CT molecular complexity index is 980. The van der Waals surface area contributed by atoms with Crippen LogP contribution in [0.3, 0.4) is 0 Å². The van der Waals surface area contributed by atoms with Crippen molar-refractivity contribution in [1.82, 2.24) is 20.1 Å². The van der Waals surface area contributed by atoms with E-state index in [-0.39, 0.29) is 17.0 Å². The molecule has 2 fully saturated rings. The maximum absolute atomic E-state index is 12.7. The quantitative estimate of drug-likeness (QED) is 0.745. The average molecular weight is 449 g/mol. The van der Waals surface area contributed by atoms with Gasteiger partial charge >= 0.3 is 6.03 Å². The molecule has 0 radical (unpaired) electrons. The molecule has 0 saturated carbocycles. The van der Waals surface area contributed by atoms with E-state index >= 15 is 0 Å². The van der Waals surface area contributed by atoms with Crippen molar-refractivity contribution in [2.24, 2.45) is 5.41 Å². The molecule has 160 valence electrons. The molecule has 2 aliphatic heterocycles. The molecule has 8 heteroatoms. The van der Waals surface area contributed by atoms with Gasteiger partial charge in [0, 0.05) is 43.4 Å². The van der Waals surface area contributed by atoms with Gasteiger partial charge in [-0.25, -0.2) is 4.79 Å². The number of carbonyl (C=O) groups is 1. The lowest BCUT2D eigenvalue weighted by molar-refractivity contribution is 0.107. The summed E-state index contributed by atoms with van der Waals surface area (Å²) in [7, 11) is 0. The fourth-order valence-corrected chi connectivity index (χ4v) is 4.97. The largest absolute Gasteiger partial charge is 0.332 e. The van der Waals surface area contributed by atoms with Gasteiger partial charge in [0.1, 0.15) is 0 Å². The number of pyridine rings is 1. The number of aromatic amines is 1. The fraction of sp³-hybridized carbons (Fsp3) is 0.455. The number of rotatable bonds is 4. The first kappa shape index (κ1) is 21.2. The van der Waals surface area contributed by atoms with Crippen LogP contribution >= 0.6 is 23.2 Å². The number of urea groups is 1. The minimum Gasteiger partial charge on any atom is -0.332 e. The van der Waals surface area contributed by atoms with E-state index in [9.17, 15) is 9.59 Å². The van der Waals surface area contributed by atoms with Crippen LogP contribution < -0.4 is 10.9 Å². The van der Waals surface area contributed by atoms with Crippen LogP contribution in [0.2, 0.25) is 10.0 Å². The van der Waals surface area contributed by atoms with Gasteiger partial charge in [0.15, 0.2) is 0 Å². The van der Waals surface area contributed by atoms with Crippen molar-refractivity contribution in [3.05, 3.63) is 68.1 Å². The molecule has 0 bridgehead atoms. The van der Waals surface area contributed by atoms with Crippen LogP contribution in [-0.2, 0) is 13.1 Å². The molecule has 1 aromatic heterocycles. The minimum absolute atomic E-state index is 0.0679. The lowest BCUT2D eigenvalue weighted by Crippen LogP contribution is -2.50. The Labute approximate surface area is 186 Å². The summed E-state index contributed by atoms with van der Waals surface area (Å²) in [5, 5.41) is 4.10. The maximum Gasteiger partial charge on any atom is 0.317 e. The molecule has 1 unspecified atom stereocenters. The predicted octanol–water partition coefficient (Wildman–Crippen LogP) is 3.88. The zero-order valence-electron chi connectivity index (χ0n) is 16.8. The van der Waals surface area contributed by atoms with Crippen LogP contribution in [0, 0.1) is 5.41 Å². The maximum atomic E-state index is 12.7. The van der Waals surface area contributed by atoms with Crippen molar-refractivity contribution >= 4 is 29.2 Å². The lowest BCUT2D eigenvalue weighted by Gasteiger charge is -2.40. The highest BCUT2D eigenvalue weighted by Crippen LogP contribution is 2.39. The van der Waals surface area contributed by atoms with Gasteiger partial charge in [0.2, 0.25) is 5.56 Å². The van der Waals surface area contributed by atoms with Gasteiger partial charge in [-0.15, -0.1) is 0 Å². The third-order valence-electron chi connectivity index (χ3n) is 6.12. The predicted molar refractivity (Wildman–Crippen MR) is 119 cm³/mol. The first-order valence-electron chi connectivity index (χ1n) is 10.3.